The Labute approximate surface area is 142 Å². The molecule has 0 amide bonds. The van der Waals surface area contributed by atoms with Gasteiger partial charge in [0.2, 0.25) is 5.89 Å². The molecule has 1 aliphatic heterocycles. The largest absolute Gasteiger partial charge is 0.369 e. The van der Waals surface area contributed by atoms with Crippen LogP contribution in [0.5, 0.6) is 0 Å². The van der Waals surface area contributed by atoms with Crippen LogP contribution in [0.3, 0.4) is 0 Å². The second-order valence-electron chi connectivity index (χ2n) is 5.92. The molecule has 1 saturated heterocycles. The van der Waals surface area contributed by atoms with Gasteiger partial charge in [0.05, 0.1) is 6.54 Å². The first-order chi connectivity index (χ1) is 11.7. The maximum Gasteiger partial charge on any atom is 0.223 e. The summed E-state index contributed by atoms with van der Waals surface area (Å²) in [5.41, 5.74) is 1.27. The summed E-state index contributed by atoms with van der Waals surface area (Å²) in [7, 11) is 1.77. The molecule has 1 aromatic heterocycles. The monoisotopic (exact) mass is 328 g/mol. The summed E-state index contributed by atoms with van der Waals surface area (Å²) in [6.45, 7) is 4.33. The highest BCUT2D eigenvalue weighted by atomic mass is 16.5. The molecule has 1 unspecified atom stereocenters. The molecule has 2 aromatic rings. The molecule has 1 atom stereocenters. The summed E-state index contributed by atoms with van der Waals surface area (Å²) in [4.78, 5) is 10.9. The van der Waals surface area contributed by atoms with E-state index < -0.39 is 0 Å². The fourth-order valence-electron chi connectivity index (χ4n) is 2.93. The number of nitrogens with zero attached hydrogens (tertiary/aromatic N) is 4. The van der Waals surface area contributed by atoms with Crippen LogP contribution in [0.2, 0.25) is 0 Å². The highest BCUT2D eigenvalue weighted by molar-refractivity contribution is 5.80. The number of aliphatic imine (C=N–C) groups is 1. The van der Waals surface area contributed by atoms with Gasteiger partial charge >= 0.3 is 0 Å². The average molecular weight is 328 g/mol. The van der Waals surface area contributed by atoms with E-state index in [1.807, 2.05) is 0 Å². The molecule has 2 heterocycles. The number of benzene rings is 1. The first-order valence-electron chi connectivity index (χ1n) is 8.31. The number of anilines is 1. The minimum Gasteiger partial charge on any atom is -0.369 e. The van der Waals surface area contributed by atoms with Gasteiger partial charge in [-0.3, -0.25) is 4.99 Å². The zero-order chi connectivity index (χ0) is 16.8. The van der Waals surface area contributed by atoms with Crippen molar-refractivity contribution in [3.05, 3.63) is 42.0 Å². The number of nitrogens with one attached hydrogen (secondary N) is 2. The van der Waals surface area contributed by atoms with Crippen LogP contribution < -0.4 is 15.5 Å². The van der Waals surface area contributed by atoms with Gasteiger partial charge in [0.25, 0.3) is 0 Å². The zero-order valence-electron chi connectivity index (χ0n) is 14.2. The molecule has 0 spiro atoms. The molecular weight excluding hydrogens is 304 g/mol. The summed E-state index contributed by atoms with van der Waals surface area (Å²) >= 11 is 0. The summed E-state index contributed by atoms with van der Waals surface area (Å²) in [5, 5.41) is 10.6. The molecule has 7 heteroatoms. The summed E-state index contributed by atoms with van der Waals surface area (Å²) in [5.74, 6) is 1.96. The van der Waals surface area contributed by atoms with Crippen LogP contribution in [0.4, 0.5) is 5.69 Å². The van der Waals surface area contributed by atoms with Crippen molar-refractivity contribution >= 4 is 11.6 Å². The lowest BCUT2D eigenvalue weighted by Crippen LogP contribution is -2.51. The smallest absolute Gasteiger partial charge is 0.223 e. The lowest BCUT2D eigenvalue weighted by atomic mass is 10.1. The number of hydrogen-bond donors (Lipinski definition) is 2. The second kappa shape index (κ2) is 7.81. The summed E-state index contributed by atoms with van der Waals surface area (Å²) in [6.07, 6.45) is 2.29. The fourth-order valence-corrected chi connectivity index (χ4v) is 2.93. The minimum absolute atomic E-state index is 0.358. The number of aromatic nitrogens is 2. The molecule has 0 aliphatic carbocycles. The number of piperidine rings is 1. The summed E-state index contributed by atoms with van der Waals surface area (Å²) in [6, 6.07) is 10.9. The second-order valence-corrected chi connectivity index (χ2v) is 5.92. The van der Waals surface area contributed by atoms with Crippen LogP contribution in [0.1, 0.15) is 24.6 Å². The van der Waals surface area contributed by atoms with Crippen molar-refractivity contribution in [2.75, 3.05) is 25.0 Å². The van der Waals surface area contributed by atoms with Crippen molar-refractivity contribution in [2.45, 2.75) is 32.4 Å². The van der Waals surface area contributed by atoms with Gasteiger partial charge in [-0.05, 0) is 25.0 Å². The van der Waals surface area contributed by atoms with Crippen molar-refractivity contribution in [1.82, 2.24) is 20.8 Å². The van der Waals surface area contributed by atoms with Crippen LogP contribution in [-0.2, 0) is 6.54 Å². The predicted molar refractivity (Wildman–Crippen MR) is 94.0 cm³/mol. The van der Waals surface area contributed by atoms with Gasteiger partial charge in [0, 0.05) is 38.8 Å². The van der Waals surface area contributed by atoms with Crippen LogP contribution >= 0.6 is 0 Å². The van der Waals surface area contributed by atoms with E-state index in [0.717, 1.165) is 31.9 Å². The summed E-state index contributed by atoms with van der Waals surface area (Å²) < 4.78 is 4.98. The van der Waals surface area contributed by atoms with Crippen molar-refractivity contribution in [2.24, 2.45) is 4.99 Å². The van der Waals surface area contributed by atoms with Gasteiger partial charge in [-0.1, -0.05) is 23.4 Å². The van der Waals surface area contributed by atoms with E-state index in [1.54, 1.807) is 14.0 Å². The van der Waals surface area contributed by atoms with Gasteiger partial charge in [-0.2, -0.15) is 4.98 Å². The Morgan fingerprint density at radius 2 is 2.21 bits per heavy atom. The van der Waals surface area contributed by atoms with Gasteiger partial charge in [-0.15, -0.1) is 0 Å². The Kier molecular flexibility index (Phi) is 5.30. The number of hydrogen-bond acceptors (Lipinski definition) is 5. The van der Waals surface area contributed by atoms with Crippen molar-refractivity contribution in [3.63, 3.8) is 0 Å². The maximum absolute atomic E-state index is 4.98. The number of para-hydroxylation sites is 1. The molecule has 3 rings (SSSR count). The van der Waals surface area contributed by atoms with Gasteiger partial charge in [0.15, 0.2) is 11.8 Å². The van der Waals surface area contributed by atoms with E-state index in [4.69, 9.17) is 4.52 Å². The Bertz CT molecular complexity index is 669. The average Bonchev–Trinajstić information content (AvgIpc) is 3.05. The molecule has 0 bridgehead atoms. The number of rotatable bonds is 4. The fraction of sp³-hybridized carbons (Fsp3) is 0.471. The molecule has 2 N–H and O–H groups in total. The van der Waals surface area contributed by atoms with E-state index in [1.165, 1.54) is 5.69 Å². The molecule has 24 heavy (non-hydrogen) atoms. The Hall–Kier alpha value is -2.57. The standard InChI is InChI=1S/C17H24N6O/c1-13-20-16(22-24-13)11-19-17(18-2)21-14-7-6-10-23(12-14)15-8-4-3-5-9-15/h3-5,8-9,14H,6-7,10-12H2,1-2H3,(H2,18,19,21). The Balaban J connectivity index is 1.53. The molecule has 1 fully saturated rings. The van der Waals surface area contributed by atoms with E-state index in [-0.39, 0.29) is 0 Å². The molecule has 0 saturated carbocycles. The quantitative estimate of drug-likeness (QED) is 0.657. The van der Waals surface area contributed by atoms with E-state index in [9.17, 15) is 0 Å². The van der Waals surface area contributed by atoms with Crippen LogP contribution in [0, 0.1) is 6.92 Å². The van der Waals surface area contributed by atoms with Crippen molar-refractivity contribution < 1.29 is 4.52 Å². The lowest BCUT2D eigenvalue weighted by Gasteiger charge is -2.35. The topological polar surface area (TPSA) is 78.6 Å². The Morgan fingerprint density at radius 3 is 2.92 bits per heavy atom. The Morgan fingerprint density at radius 1 is 1.38 bits per heavy atom. The number of guanidine groups is 1. The highest BCUT2D eigenvalue weighted by Gasteiger charge is 2.21. The third-order valence-electron chi connectivity index (χ3n) is 4.09. The molecule has 128 valence electrons. The maximum atomic E-state index is 4.98. The van der Waals surface area contributed by atoms with Crippen LogP contribution in [0.25, 0.3) is 0 Å². The normalized spacial score (nSPS) is 18.5. The lowest BCUT2D eigenvalue weighted by molar-refractivity contribution is 0.386. The van der Waals surface area contributed by atoms with Crippen molar-refractivity contribution in [1.29, 1.82) is 0 Å². The third kappa shape index (κ3) is 4.24. The SMILES string of the molecule is CN=C(NCc1noc(C)n1)NC1CCCN(c2ccccc2)C1. The van der Waals surface area contributed by atoms with E-state index >= 15 is 0 Å². The highest BCUT2D eigenvalue weighted by Crippen LogP contribution is 2.19. The van der Waals surface area contributed by atoms with Crippen molar-refractivity contribution in [3.8, 4) is 0 Å². The molecule has 1 aromatic carbocycles. The van der Waals surface area contributed by atoms with E-state index in [0.29, 0.717) is 24.3 Å². The molecular formula is C17H24N6O. The minimum atomic E-state index is 0.358. The first-order valence-corrected chi connectivity index (χ1v) is 8.31. The predicted octanol–water partition coefficient (Wildman–Crippen LogP) is 1.71. The van der Waals surface area contributed by atoms with Gasteiger partial charge < -0.3 is 20.1 Å². The molecule has 0 radical (unpaired) electrons. The zero-order valence-corrected chi connectivity index (χ0v) is 14.2. The van der Waals surface area contributed by atoms with Crippen LogP contribution in [-0.4, -0.2) is 42.3 Å². The number of aryl methyl sites for hydroxylation is 1. The molecule has 7 nitrogen and oxygen atoms in total. The van der Waals surface area contributed by atoms with E-state index in [2.05, 4.69) is 61.0 Å². The van der Waals surface area contributed by atoms with Gasteiger partial charge in [0.1, 0.15) is 0 Å². The first kappa shape index (κ1) is 16.3. The van der Waals surface area contributed by atoms with Crippen LogP contribution in [0.15, 0.2) is 39.8 Å². The molecule has 1 aliphatic rings. The third-order valence-corrected chi connectivity index (χ3v) is 4.09. The van der Waals surface area contributed by atoms with Gasteiger partial charge in [-0.25, -0.2) is 0 Å².